The third-order valence-corrected chi connectivity index (χ3v) is 2.70. The molecule has 0 spiro atoms. The molecule has 0 bridgehead atoms. The summed E-state index contributed by atoms with van der Waals surface area (Å²) >= 11 is 0. The highest BCUT2D eigenvalue weighted by Crippen LogP contribution is 2.23. The molecule has 1 aliphatic rings. The third kappa shape index (κ3) is 2.48. The lowest BCUT2D eigenvalue weighted by atomic mass is 10.1. The Bertz CT molecular complexity index is 398. The number of hydrogen-bond donors (Lipinski definition) is 0. The highest BCUT2D eigenvalue weighted by Gasteiger charge is 2.24. The van der Waals surface area contributed by atoms with E-state index in [9.17, 15) is 9.59 Å². The zero-order valence-corrected chi connectivity index (χ0v) is 9.23. The predicted molar refractivity (Wildman–Crippen MR) is 59.0 cm³/mol. The predicted octanol–water partition coefficient (Wildman–Crippen LogP) is 1.68. The number of esters is 1. The monoisotopic (exact) mass is 218 g/mol. The minimum absolute atomic E-state index is 0.0933. The van der Waals surface area contributed by atoms with Gasteiger partial charge in [0, 0.05) is 12.8 Å². The smallest absolute Gasteiger partial charge is 0.313 e. The second kappa shape index (κ2) is 4.47. The van der Waals surface area contributed by atoms with Gasteiger partial charge in [-0.2, -0.15) is 0 Å². The number of ketones is 1. The molecule has 3 heteroatoms. The van der Waals surface area contributed by atoms with E-state index >= 15 is 0 Å². The minimum atomic E-state index is -0.412. The van der Waals surface area contributed by atoms with Crippen LogP contribution in [0.25, 0.3) is 0 Å². The zero-order chi connectivity index (χ0) is 11.5. The normalized spacial score (nSPS) is 14.6. The number of carbonyl (C=O) groups is 2. The van der Waals surface area contributed by atoms with Crippen LogP contribution < -0.4 is 0 Å². The Kier molecular flexibility index (Phi) is 3.04. The summed E-state index contributed by atoms with van der Waals surface area (Å²) in [5.74, 6) is -0.564. The van der Waals surface area contributed by atoms with Crippen molar-refractivity contribution in [2.45, 2.75) is 32.3 Å². The van der Waals surface area contributed by atoms with Gasteiger partial charge < -0.3 is 4.74 Å². The molecule has 0 saturated carbocycles. The summed E-state index contributed by atoms with van der Waals surface area (Å²) < 4.78 is 5.24. The summed E-state index contributed by atoms with van der Waals surface area (Å²) in [5.41, 5.74) is 2.48. The molecule has 0 atom stereocenters. The van der Waals surface area contributed by atoms with Crippen LogP contribution >= 0.6 is 0 Å². The largest absolute Gasteiger partial charge is 0.461 e. The third-order valence-electron chi connectivity index (χ3n) is 2.70. The molecular weight excluding hydrogens is 204 g/mol. The molecule has 0 saturated heterocycles. The molecule has 0 fully saturated rings. The molecule has 84 valence electrons. The fourth-order valence-corrected chi connectivity index (χ4v) is 2.03. The zero-order valence-electron chi connectivity index (χ0n) is 9.23. The highest BCUT2D eigenvalue weighted by atomic mass is 16.5. The summed E-state index contributed by atoms with van der Waals surface area (Å²) in [6.45, 7) is 1.39. The van der Waals surface area contributed by atoms with Crippen molar-refractivity contribution in [2.75, 3.05) is 0 Å². The average molecular weight is 218 g/mol. The van der Waals surface area contributed by atoms with E-state index in [2.05, 4.69) is 0 Å². The van der Waals surface area contributed by atoms with Gasteiger partial charge in [0.05, 0.1) is 0 Å². The lowest BCUT2D eigenvalue weighted by molar-refractivity contribution is -0.150. The van der Waals surface area contributed by atoms with Gasteiger partial charge in [-0.05, 0) is 18.1 Å². The van der Waals surface area contributed by atoms with E-state index in [4.69, 9.17) is 4.74 Å². The molecule has 0 heterocycles. The Balaban J connectivity index is 1.92. The van der Waals surface area contributed by atoms with Gasteiger partial charge in [0.2, 0.25) is 0 Å². The van der Waals surface area contributed by atoms with E-state index < -0.39 is 5.97 Å². The van der Waals surface area contributed by atoms with Crippen molar-refractivity contribution in [3.8, 4) is 0 Å². The van der Waals surface area contributed by atoms with Crippen LogP contribution in [0.3, 0.4) is 0 Å². The van der Waals surface area contributed by atoms with E-state index in [1.165, 1.54) is 18.1 Å². The Hall–Kier alpha value is -1.64. The lowest BCUT2D eigenvalue weighted by Crippen LogP contribution is -2.19. The van der Waals surface area contributed by atoms with Crippen LogP contribution in [-0.4, -0.2) is 17.9 Å². The van der Waals surface area contributed by atoms with E-state index in [0.717, 1.165) is 12.8 Å². The number of Topliss-reactive ketones (excluding diaryl/α,β-unsaturated/α-hetero) is 1. The molecule has 0 radical (unpaired) electrons. The first-order chi connectivity index (χ1) is 7.65. The van der Waals surface area contributed by atoms with Crippen LogP contribution in [-0.2, 0) is 27.2 Å². The fourth-order valence-electron chi connectivity index (χ4n) is 2.03. The molecule has 2 rings (SSSR count). The first-order valence-electron chi connectivity index (χ1n) is 5.41. The van der Waals surface area contributed by atoms with Crippen LogP contribution in [0, 0.1) is 0 Å². The van der Waals surface area contributed by atoms with Crippen molar-refractivity contribution in [3.05, 3.63) is 35.4 Å². The number of rotatable bonds is 3. The number of ether oxygens (including phenoxy) is 1. The molecule has 0 unspecified atom stereocenters. The lowest BCUT2D eigenvalue weighted by Gasteiger charge is -2.10. The van der Waals surface area contributed by atoms with Gasteiger partial charge in [0.1, 0.15) is 18.3 Å². The maximum atomic E-state index is 11.3. The molecule has 1 aromatic rings. The second-order valence-corrected chi connectivity index (χ2v) is 4.17. The van der Waals surface area contributed by atoms with E-state index in [0.29, 0.717) is 0 Å². The molecular formula is C13H14O3. The average Bonchev–Trinajstić information content (AvgIpc) is 2.57. The number of hydrogen-bond acceptors (Lipinski definition) is 3. The SMILES string of the molecule is CC(=O)CC(=O)OC1Cc2ccccc2C1. The number of carbonyl (C=O) groups excluding carboxylic acids is 2. The molecule has 1 aliphatic carbocycles. The number of benzene rings is 1. The minimum Gasteiger partial charge on any atom is -0.461 e. The van der Waals surface area contributed by atoms with Gasteiger partial charge in [-0.3, -0.25) is 9.59 Å². The van der Waals surface area contributed by atoms with Crippen molar-refractivity contribution >= 4 is 11.8 Å². The second-order valence-electron chi connectivity index (χ2n) is 4.17. The topological polar surface area (TPSA) is 43.4 Å². The summed E-state index contributed by atoms with van der Waals surface area (Å²) in [6, 6.07) is 8.07. The first-order valence-corrected chi connectivity index (χ1v) is 5.41. The van der Waals surface area contributed by atoms with Crippen LogP contribution in [0.2, 0.25) is 0 Å². The Labute approximate surface area is 94.4 Å². The molecule has 0 amide bonds. The van der Waals surface area contributed by atoms with Crippen molar-refractivity contribution in [3.63, 3.8) is 0 Å². The van der Waals surface area contributed by atoms with Crippen molar-refractivity contribution in [1.29, 1.82) is 0 Å². The van der Waals surface area contributed by atoms with Crippen LogP contribution in [0.1, 0.15) is 24.5 Å². The van der Waals surface area contributed by atoms with Crippen LogP contribution in [0.5, 0.6) is 0 Å². The summed E-state index contributed by atoms with van der Waals surface area (Å²) in [7, 11) is 0. The van der Waals surface area contributed by atoms with E-state index in [1.54, 1.807) is 0 Å². The molecule has 16 heavy (non-hydrogen) atoms. The molecule has 3 nitrogen and oxygen atoms in total. The van der Waals surface area contributed by atoms with Gasteiger partial charge in [0.25, 0.3) is 0 Å². The molecule has 0 N–H and O–H groups in total. The van der Waals surface area contributed by atoms with Gasteiger partial charge >= 0.3 is 5.97 Å². The van der Waals surface area contributed by atoms with E-state index in [-0.39, 0.29) is 18.3 Å². The first kappa shape index (κ1) is 10.9. The van der Waals surface area contributed by atoms with Crippen molar-refractivity contribution in [2.24, 2.45) is 0 Å². The van der Waals surface area contributed by atoms with Crippen LogP contribution in [0.4, 0.5) is 0 Å². The van der Waals surface area contributed by atoms with E-state index in [1.807, 2.05) is 24.3 Å². The van der Waals surface area contributed by atoms with Gasteiger partial charge in [-0.15, -0.1) is 0 Å². The fraction of sp³-hybridized carbons (Fsp3) is 0.385. The highest BCUT2D eigenvalue weighted by molar-refractivity contribution is 5.94. The summed E-state index contributed by atoms with van der Waals surface area (Å²) in [5, 5.41) is 0. The van der Waals surface area contributed by atoms with Gasteiger partial charge in [0.15, 0.2) is 0 Å². The molecule has 0 aliphatic heterocycles. The van der Waals surface area contributed by atoms with Crippen molar-refractivity contribution in [1.82, 2.24) is 0 Å². The summed E-state index contributed by atoms with van der Waals surface area (Å²) in [4.78, 5) is 22.1. The standard InChI is InChI=1S/C13H14O3/c1-9(14)6-13(15)16-12-7-10-4-2-3-5-11(10)8-12/h2-5,12H,6-8H2,1H3. The van der Waals surface area contributed by atoms with Crippen LogP contribution in [0.15, 0.2) is 24.3 Å². The Morgan fingerprint density at radius 2 is 1.81 bits per heavy atom. The Morgan fingerprint density at radius 1 is 1.25 bits per heavy atom. The van der Waals surface area contributed by atoms with Gasteiger partial charge in [-0.1, -0.05) is 24.3 Å². The maximum Gasteiger partial charge on any atom is 0.313 e. The van der Waals surface area contributed by atoms with Gasteiger partial charge in [-0.25, -0.2) is 0 Å². The maximum absolute atomic E-state index is 11.3. The quantitative estimate of drug-likeness (QED) is 0.572. The molecule has 0 aromatic heterocycles. The Morgan fingerprint density at radius 3 is 2.31 bits per heavy atom. The van der Waals surface area contributed by atoms with Crippen molar-refractivity contribution < 1.29 is 14.3 Å². The summed E-state index contributed by atoms with van der Waals surface area (Å²) in [6.07, 6.45) is 1.32. The molecule has 1 aromatic carbocycles. The number of fused-ring (bicyclic) bond motifs is 1.